The van der Waals surface area contributed by atoms with Crippen molar-refractivity contribution in [3.8, 4) is 11.5 Å². The number of rotatable bonds is 6. The molecule has 1 fully saturated rings. The van der Waals surface area contributed by atoms with Crippen molar-refractivity contribution in [2.75, 3.05) is 32.7 Å². The third-order valence-corrected chi connectivity index (χ3v) is 5.01. The number of amides is 1. The maximum absolute atomic E-state index is 12.9. The van der Waals surface area contributed by atoms with E-state index >= 15 is 0 Å². The molecule has 3 rings (SSSR count). The highest BCUT2D eigenvalue weighted by Gasteiger charge is 2.17. The monoisotopic (exact) mass is 431 g/mol. The molecule has 1 aliphatic heterocycles. The molecule has 8 heteroatoms. The summed E-state index contributed by atoms with van der Waals surface area (Å²) in [6.07, 6.45) is 2.01. The van der Waals surface area contributed by atoms with Gasteiger partial charge in [-0.05, 0) is 49.6 Å². The molecule has 0 aromatic heterocycles. The van der Waals surface area contributed by atoms with Crippen LogP contribution in [0, 0.1) is 6.92 Å². The van der Waals surface area contributed by atoms with Gasteiger partial charge < -0.3 is 19.5 Å². The number of guanidine groups is 1. The molecule has 1 atom stereocenters. The number of anilines is 1. The topological polar surface area (TPSA) is 81.2 Å². The van der Waals surface area contributed by atoms with Crippen LogP contribution in [0.15, 0.2) is 41.4 Å². The van der Waals surface area contributed by atoms with Crippen molar-refractivity contribution in [2.24, 2.45) is 4.99 Å². The average molecular weight is 432 g/mol. The lowest BCUT2D eigenvalue weighted by atomic mass is 10.2. The van der Waals surface area contributed by atoms with Gasteiger partial charge in [-0.3, -0.25) is 10.1 Å². The number of ether oxygens (including phenoxy) is 3. The summed E-state index contributed by atoms with van der Waals surface area (Å²) in [5.74, 6) is 0.982. The van der Waals surface area contributed by atoms with Crippen molar-refractivity contribution in [3.63, 3.8) is 0 Å². The second kappa shape index (κ2) is 10.3. The normalized spacial score (nSPS) is 16.3. The summed E-state index contributed by atoms with van der Waals surface area (Å²) in [6, 6.07) is 10.6. The van der Waals surface area contributed by atoms with Crippen LogP contribution in [0.25, 0.3) is 0 Å². The lowest BCUT2D eigenvalue weighted by Gasteiger charge is -2.15. The van der Waals surface area contributed by atoms with Crippen LogP contribution in [0.3, 0.4) is 0 Å². The molecule has 160 valence electrons. The molecule has 1 aliphatic rings. The second-order valence-corrected chi connectivity index (χ2v) is 7.40. The molecule has 0 saturated carbocycles. The molecule has 1 heterocycles. The highest BCUT2D eigenvalue weighted by molar-refractivity contribution is 6.34. The summed E-state index contributed by atoms with van der Waals surface area (Å²) in [6.45, 7) is 3.14. The third kappa shape index (κ3) is 5.87. The highest BCUT2D eigenvalue weighted by Crippen LogP contribution is 2.24. The number of carbonyl (C=O) groups excluding carboxylic acids is 1. The number of aliphatic imine (C=N–C) groups is 1. The number of methoxy groups -OCH3 is 2. The largest absolute Gasteiger partial charge is 0.497 e. The number of carbonyl (C=O) groups is 1. The van der Waals surface area contributed by atoms with Crippen molar-refractivity contribution in [2.45, 2.75) is 25.9 Å². The lowest BCUT2D eigenvalue weighted by molar-refractivity contribution is 0.0975. The minimum Gasteiger partial charge on any atom is -0.497 e. The lowest BCUT2D eigenvalue weighted by Crippen LogP contribution is -2.37. The summed E-state index contributed by atoms with van der Waals surface area (Å²) in [5, 5.41) is 6.49. The van der Waals surface area contributed by atoms with Gasteiger partial charge in [0.2, 0.25) is 5.96 Å². The van der Waals surface area contributed by atoms with E-state index in [1.165, 1.54) is 14.2 Å². The fraction of sp³-hybridized carbons (Fsp3) is 0.364. The SMILES string of the molecule is COc1cc(OC)cc(C(=O)NC(=NCC2CCCO2)Nc2ccc(C)cc2Cl)c1. The molecule has 1 saturated heterocycles. The number of benzene rings is 2. The molecule has 7 nitrogen and oxygen atoms in total. The molecule has 2 aromatic carbocycles. The number of hydrogen-bond donors (Lipinski definition) is 2. The predicted molar refractivity (Wildman–Crippen MR) is 118 cm³/mol. The van der Waals surface area contributed by atoms with Gasteiger partial charge in [0.25, 0.3) is 5.91 Å². The van der Waals surface area contributed by atoms with Gasteiger partial charge in [0, 0.05) is 18.2 Å². The average Bonchev–Trinajstić information content (AvgIpc) is 3.27. The van der Waals surface area contributed by atoms with Gasteiger partial charge in [0.1, 0.15) is 11.5 Å². The van der Waals surface area contributed by atoms with Gasteiger partial charge in [-0.15, -0.1) is 0 Å². The van der Waals surface area contributed by atoms with Crippen molar-refractivity contribution in [1.29, 1.82) is 0 Å². The fourth-order valence-corrected chi connectivity index (χ4v) is 3.34. The quantitative estimate of drug-likeness (QED) is 0.533. The Hall–Kier alpha value is -2.77. The van der Waals surface area contributed by atoms with E-state index in [-0.39, 0.29) is 12.0 Å². The summed E-state index contributed by atoms with van der Waals surface area (Å²) in [4.78, 5) is 17.5. The molecular formula is C22H26ClN3O4. The molecule has 1 amide bonds. The van der Waals surface area contributed by atoms with Crippen molar-refractivity contribution < 1.29 is 19.0 Å². The van der Waals surface area contributed by atoms with Gasteiger partial charge in [0.05, 0.1) is 37.6 Å². The van der Waals surface area contributed by atoms with E-state index in [0.717, 1.165) is 25.0 Å². The Labute approximate surface area is 181 Å². The molecule has 0 aliphatic carbocycles. The van der Waals surface area contributed by atoms with Gasteiger partial charge >= 0.3 is 0 Å². The van der Waals surface area contributed by atoms with Crippen LogP contribution in [-0.2, 0) is 4.74 Å². The van der Waals surface area contributed by atoms with Crippen LogP contribution >= 0.6 is 11.6 Å². The molecule has 1 unspecified atom stereocenters. The fourth-order valence-electron chi connectivity index (χ4n) is 3.06. The van der Waals surface area contributed by atoms with Crippen molar-refractivity contribution >= 4 is 29.2 Å². The standard InChI is InChI=1S/C22H26ClN3O4/c1-14-6-7-20(19(23)9-14)25-22(24-13-16-5-4-8-30-16)26-21(27)15-10-17(28-2)12-18(11-15)29-3/h6-7,9-12,16H,4-5,8,13H2,1-3H3,(H2,24,25,26,27). The van der Waals surface area contributed by atoms with E-state index in [1.807, 2.05) is 25.1 Å². The van der Waals surface area contributed by atoms with Gasteiger partial charge in [-0.25, -0.2) is 4.99 Å². The first-order valence-electron chi connectivity index (χ1n) is 9.72. The maximum Gasteiger partial charge on any atom is 0.258 e. The first kappa shape index (κ1) is 21.9. The zero-order valence-electron chi connectivity index (χ0n) is 17.3. The maximum atomic E-state index is 12.9. The minimum absolute atomic E-state index is 0.0455. The van der Waals surface area contributed by atoms with Crippen LogP contribution in [0.4, 0.5) is 5.69 Å². The van der Waals surface area contributed by atoms with Gasteiger partial charge in [-0.1, -0.05) is 17.7 Å². The Morgan fingerprint density at radius 2 is 1.93 bits per heavy atom. The molecule has 0 radical (unpaired) electrons. The van der Waals surface area contributed by atoms with Crippen LogP contribution in [0.2, 0.25) is 5.02 Å². The Kier molecular flexibility index (Phi) is 7.54. The van der Waals surface area contributed by atoms with Crippen molar-refractivity contribution in [1.82, 2.24) is 5.32 Å². The predicted octanol–water partition coefficient (Wildman–Crippen LogP) is 4.04. The van der Waals surface area contributed by atoms with Gasteiger partial charge in [0.15, 0.2) is 0 Å². The third-order valence-electron chi connectivity index (χ3n) is 4.70. The Bertz CT molecular complexity index is 904. The van der Waals surface area contributed by atoms with E-state index in [1.54, 1.807) is 18.2 Å². The highest BCUT2D eigenvalue weighted by atomic mass is 35.5. The first-order chi connectivity index (χ1) is 14.5. The van der Waals surface area contributed by atoms with Crippen LogP contribution in [0.1, 0.15) is 28.8 Å². The molecular weight excluding hydrogens is 406 g/mol. The zero-order chi connectivity index (χ0) is 21.5. The Morgan fingerprint density at radius 3 is 2.53 bits per heavy atom. The summed E-state index contributed by atoms with van der Waals surface area (Å²) < 4.78 is 16.1. The summed E-state index contributed by atoms with van der Waals surface area (Å²) >= 11 is 6.35. The molecule has 30 heavy (non-hydrogen) atoms. The molecule has 2 aromatic rings. The number of aryl methyl sites for hydroxylation is 1. The van der Waals surface area contributed by atoms with Crippen molar-refractivity contribution in [3.05, 3.63) is 52.5 Å². The van der Waals surface area contributed by atoms with Crippen LogP contribution < -0.4 is 20.1 Å². The molecule has 0 spiro atoms. The van der Waals surface area contributed by atoms with E-state index in [4.69, 9.17) is 25.8 Å². The minimum atomic E-state index is -0.353. The van der Waals surface area contributed by atoms with Crippen LogP contribution in [-0.4, -0.2) is 45.3 Å². The molecule has 0 bridgehead atoms. The van der Waals surface area contributed by atoms with E-state index < -0.39 is 0 Å². The van der Waals surface area contributed by atoms with E-state index in [0.29, 0.717) is 40.3 Å². The second-order valence-electron chi connectivity index (χ2n) is 6.99. The van der Waals surface area contributed by atoms with E-state index in [2.05, 4.69) is 15.6 Å². The zero-order valence-corrected chi connectivity index (χ0v) is 18.1. The molecule has 2 N–H and O–H groups in total. The van der Waals surface area contributed by atoms with E-state index in [9.17, 15) is 4.79 Å². The number of nitrogens with zero attached hydrogens (tertiary/aromatic N) is 1. The summed E-state index contributed by atoms with van der Waals surface area (Å²) in [5.41, 5.74) is 2.07. The summed E-state index contributed by atoms with van der Waals surface area (Å²) in [7, 11) is 3.07. The Balaban J connectivity index is 1.82. The van der Waals surface area contributed by atoms with Crippen LogP contribution in [0.5, 0.6) is 11.5 Å². The van der Waals surface area contributed by atoms with Gasteiger partial charge in [-0.2, -0.15) is 0 Å². The number of nitrogens with one attached hydrogen (secondary N) is 2. The Morgan fingerprint density at radius 1 is 1.20 bits per heavy atom. The smallest absolute Gasteiger partial charge is 0.258 e. The number of hydrogen-bond acceptors (Lipinski definition) is 5. The number of halogens is 1. The first-order valence-corrected chi connectivity index (χ1v) is 10.1.